The molecule has 0 aromatic heterocycles. The molecule has 1 aliphatic heterocycles. The maximum Gasteiger partial charge on any atom is 0.251 e. The van der Waals surface area contributed by atoms with Crippen LogP contribution in [0.4, 0.5) is 5.69 Å². The molecule has 1 heterocycles. The Kier molecular flexibility index (Phi) is 7.52. The molecule has 2 amide bonds. The number of hydrogen-bond acceptors (Lipinski definition) is 5. The van der Waals surface area contributed by atoms with E-state index in [9.17, 15) is 18.0 Å². The third-order valence-electron chi connectivity index (χ3n) is 5.38. The van der Waals surface area contributed by atoms with E-state index in [2.05, 4.69) is 5.32 Å². The van der Waals surface area contributed by atoms with Crippen molar-refractivity contribution in [2.45, 2.75) is 38.1 Å². The van der Waals surface area contributed by atoms with Crippen molar-refractivity contribution < 1.29 is 22.7 Å². The largest absolute Gasteiger partial charge is 0.494 e. The molecule has 2 aromatic rings. The lowest BCUT2D eigenvalue weighted by Gasteiger charge is -2.19. The summed E-state index contributed by atoms with van der Waals surface area (Å²) >= 11 is 0. The van der Waals surface area contributed by atoms with E-state index in [1.807, 2.05) is 31.2 Å². The van der Waals surface area contributed by atoms with Gasteiger partial charge in [0.2, 0.25) is 15.9 Å². The first-order valence-corrected chi connectivity index (χ1v) is 12.2. The van der Waals surface area contributed by atoms with Gasteiger partial charge >= 0.3 is 0 Å². The molecule has 1 aliphatic rings. The first-order chi connectivity index (χ1) is 15.3. The lowest BCUT2D eigenvalue weighted by Crippen LogP contribution is -2.37. The Labute approximate surface area is 189 Å². The number of anilines is 1. The summed E-state index contributed by atoms with van der Waals surface area (Å²) in [5.41, 5.74) is 1.09. The van der Waals surface area contributed by atoms with E-state index in [-0.39, 0.29) is 29.2 Å². The van der Waals surface area contributed by atoms with Gasteiger partial charge in [0.1, 0.15) is 5.75 Å². The van der Waals surface area contributed by atoms with E-state index in [1.54, 1.807) is 18.7 Å². The maximum absolute atomic E-state index is 12.7. The summed E-state index contributed by atoms with van der Waals surface area (Å²) < 4.78 is 32.0. The van der Waals surface area contributed by atoms with Gasteiger partial charge in [0.05, 0.1) is 17.5 Å². The number of ether oxygens (including phenoxy) is 1. The molecule has 3 rings (SSSR count). The molecule has 1 atom stereocenters. The highest BCUT2D eigenvalue weighted by molar-refractivity contribution is 7.89. The van der Waals surface area contributed by atoms with Gasteiger partial charge in [0.15, 0.2) is 0 Å². The molecule has 0 aliphatic carbocycles. The monoisotopic (exact) mass is 459 g/mol. The van der Waals surface area contributed by atoms with Crippen molar-refractivity contribution >= 4 is 27.5 Å². The zero-order valence-electron chi connectivity index (χ0n) is 18.6. The highest BCUT2D eigenvalue weighted by atomic mass is 32.2. The summed E-state index contributed by atoms with van der Waals surface area (Å²) in [4.78, 5) is 26.9. The van der Waals surface area contributed by atoms with Gasteiger partial charge in [-0.2, -0.15) is 4.31 Å². The number of carbonyl (C=O) groups excluding carboxylic acids is 2. The molecule has 1 fully saturated rings. The smallest absolute Gasteiger partial charge is 0.251 e. The van der Waals surface area contributed by atoms with Crippen LogP contribution in [0.25, 0.3) is 0 Å². The summed E-state index contributed by atoms with van der Waals surface area (Å²) in [5.74, 6) is 0.322. The average molecular weight is 460 g/mol. The van der Waals surface area contributed by atoms with E-state index in [0.29, 0.717) is 31.8 Å². The summed E-state index contributed by atoms with van der Waals surface area (Å²) in [7, 11) is -3.58. The van der Waals surface area contributed by atoms with Gasteiger partial charge < -0.3 is 15.0 Å². The number of carbonyl (C=O) groups is 2. The zero-order valence-corrected chi connectivity index (χ0v) is 19.4. The van der Waals surface area contributed by atoms with Gasteiger partial charge in [-0.1, -0.05) is 13.8 Å². The van der Waals surface area contributed by atoms with Gasteiger partial charge in [-0.15, -0.1) is 0 Å². The third-order valence-corrected chi connectivity index (χ3v) is 7.44. The third kappa shape index (κ3) is 5.11. The van der Waals surface area contributed by atoms with E-state index in [4.69, 9.17) is 4.74 Å². The van der Waals surface area contributed by atoms with Crippen molar-refractivity contribution in [1.82, 2.24) is 9.62 Å². The Morgan fingerprint density at radius 2 is 1.69 bits per heavy atom. The SMILES string of the molecule is CCOc1ccc(N2CC(NC(=O)c3ccc(S(=O)(=O)N(CC)CC)cc3)CC2=O)cc1. The number of nitrogens with one attached hydrogen (secondary N) is 1. The zero-order chi connectivity index (χ0) is 23.3. The van der Waals surface area contributed by atoms with Crippen LogP contribution in [0.1, 0.15) is 37.6 Å². The van der Waals surface area contributed by atoms with Crippen LogP contribution in [0.2, 0.25) is 0 Å². The summed E-state index contributed by atoms with van der Waals surface area (Å²) in [5, 5.41) is 2.87. The minimum absolute atomic E-state index is 0.0693. The highest BCUT2D eigenvalue weighted by Gasteiger charge is 2.32. The molecule has 1 unspecified atom stereocenters. The fraction of sp³-hybridized carbons (Fsp3) is 0.391. The topological polar surface area (TPSA) is 96.0 Å². The van der Waals surface area contributed by atoms with Crippen LogP contribution in [-0.4, -0.2) is 56.8 Å². The lowest BCUT2D eigenvalue weighted by atomic mass is 10.2. The Balaban J connectivity index is 1.64. The molecule has 172 valence electrons. The van der Waals surface area contributed by atoms with Crippen molar-refractivity contribution in [1.29, 1.82) is 0 Å². The predicted molar refractivity (Wildman–Crippen MR) is 122 cm³/mol. The molecule has 32 heavy (non-hydrogen) atoms. The van der Waals surface area contributed by atoms with E-state index >= 15 is 0 Å². The quantitative estimate of drug-likeness (QED) is 0.622. The molecule has 0 saturated carbocycles. The summed E-state index contributed by atoms with van der Waals surface area (Å²) in [6.45, 7) is 7.15. The number of rotatable bonds is 9. The van der Waals surface area contributed by atoms with E-state index < -0.39 is 10.0 Å². The Hall–Kier alpha value is -2.91. The van der Waals surface area contributed by atoms with Gasteiger partial charge in [-0.05, 0) is 55.5 Å². The Bertz CT molecular complexity index is 1050. The van der Waals surface area contributed by atoms with Crippen molar-refractivity contribution in [3.8, 4) is 5.75 Å². The Morgan fingerprint density at radius 1 is 1.06 bits per heavy atom. The minimum atomic E-state index is -3.58. The second-order valence-corrected chi connectivity index (χ2v) is 9.36. The van der Waals surface area contributed by atoms with Crippen LogP contribution in [0, 0.1) is 0 Å². The molecular weight excluding hydrogens is 430 g/mol. The van der Waals surface area contributed by atoms with Gasteiger partial charge in [-0.3, -0.25) is 9.59 Å². The maximum atomic E-state index is 12.7. The molecule has 0 bridgehead atoms. The predicted octanol–water partition coefficient (Wildman–Crippen LogP) is 2.65. The fourth-order valence-electron chi connectivity index (χ4n) is 3.70. The summed E-state index contributed by atoms with van der Waals surface area (Å²) in [6.07, 6.45) is 0.202. The van der Waals surface area contributed by atoms with Gasteiger partial charge in [0, 0.05) is 37.3 Å². The average Bonchev–Trinajstić information content (AvgIpc) is 3.15. The molecule has 0 radical (unpaired) electrons. The molecular formula is C23H29N3O5S. The highest BCUT2D eigenvalue weighted by Crippen LogP contribution is 2.24. The number of hydrogen-bond donors (Lipinski definition) is 1. The van der Waals surface area contributed by atoms with Crippen molar-refractivity contribution in [2.24, 2.45) is 0 Å². The standard InChI is InChI=1S/C23H29N3O5S/c1-4-25(5-2)32(29,30)21-13-7-17(8-14-21)23(28)24-18-15-22(27)26(16-18)19-9-11-20(12-10-19)31-6-3/h7-14,18H,4-6,15-16H2,1-3H3,(H,24,28). The van der Waals surface area contributed by atoms with Crippen molar-refractivity contribution in [3.05, 3.63) is 54.1 Å². The number of sulfonamides is 1. The van der Waals surface area contributed by atoms with Gasteiger partial charge in [-0.25, -0.2) is 8.42 Å². The van der Waals surface area contributed by atoms with Crippen LogP contribution < -0.4 is 15.0 Å². The lowest BCUT2D eigenvalue weighted by molar-refractivity contribution is -0.117. The summed E-state index contributed by atoms with van der Waals surface area (Å²) in [6, 6.07) is 12.8. The minimum Gasteiger partial charge on any atom is -0.494 e. The molecule has 9 heteroatoms. The second kappa shape index (κ2) is 10.1. The second-order valence-electron chi connectivity index (χ2n) is 7.42. The van der Waals surface area contributed by atoms with Crippen LogP contribution in [0.15, 0.2) is 53.4 Å². The Morgan fingerprint density at radius 3 is 2.25 bits per heavy atom. The molecule has 2 aromatic carbocycles. The number of benzene rings is 2. The molecule has 0 spiro atoms. The number of amides is 2. The molecule has 8 nitrogen and oxygen atoms in total. The normalized spacial score (nSPS) is 16.4. The van der Waals surface area contributed by atoms with Gasteiger partial charge in [0.25, 0.3) is 5.91 Å². The van der Waals surface area contributed by atoms with Crippen molar-refractivity contribution in [3.63, 3.8) is 0 Å². The number of nitrogens with zero attached hydrogens (tertiary/aromatic N) is 2. The van der Waals surface area contributed by atoms with Crippen LogP contribution in [0.3, 0.4) is 0 Å². The molecule has 1 N–H and O–H groups in total. The van der Waals surface area contributed by atoms with E-state index in [0.717, 1.165) is 11.4 Å². The van der Waals surface area contributed by atoms with Crippen LogP contribution in [0.5, 0.6) is 5.75 Å². The molecule has 1 saturated heterocycles. The van der Waals surface area contributed by atoms with Crippen LogP contribution >= 0.6 is 0 Å². The first-order valence-electron chi connectivity index (χ1n) is 10.7. The van der Waals surface area contributed by atoms with Crippen LogP contribution in [-0.2, 0) is 14.8 Å². The first kappa shape index (κ1) is 23.7. The van der Waals surface area contributed by atoms with E-state index in [1.165, 1.54) is 28.6 Å². The fourth-order valence-corrected chi connectivity index (χ4v) is 5.16. The van der Waals surface area contributed by atoms with Crippen molar-refractivity contribution in [2.75, 3.05) is 31.1 Å².